The van der Waals surface area contributed by atoms with Crippen LogP contribution in [0.1, 0.15) is 29.6 Å². The Kier molecular flexibility index (Phi) is 3.87. The van der Waals surface area contributed by atoms with Crippen molar-refractivity contribution in [3.8, 4) is 11.4 Å². The van der Waals surface area contributed by atoms with Gasteiger partial charge in [-0.25, -0.2) is 9.78 Å². The summed E-state index contributed by atoms with van der Waals surface area (Å²) in [6.45, 7) is 1.78. The standard InChI is InChI=1S/C17H19N5O3/c23-15(13-4-2-12(3-5-13)14-19-11-20-21-14)22-8-1-6-17(7-9-22)10-18-16(24)25-17/h2-5,11H,1,6-10H2,(H,18,24)(H,19,20,21)/t17-/m0/s1. The Bertz CT molecular complexity index is 774. The molecule has 130 valence electrons. The van der Waals surface area contributed by atoms with Gasteiger partial charge in [0, 0.05) is 30.6 Å². The van der Waals surface area contributed by atoms with Crippen LogP contribution < -0.4 is 5.32 Å². The van der Waals surface area contributed by atoms with Crippen molar-refractivity contribution in [1.29, 1.82) is 0 Å². The van der Waals surface area contributed by atoms with E-state index in [-0.39, 0.29) is 12.0 Å². The molecule has 1 aromatic heterocycles. The van der Waals surface area contributed by atoms with E-state index in [0.717, 1.165) is 18.4 Å². The molecule has 0 bridgehead atoms. The minimum absolute atomic E-state index is 0.00143. The Morgan fingerprint density at radius 1 is 1.20 bits per heavy atom. The third-order valence-electron chi connectivity index (χ3n) is 4.87. The average molecular weight is 341 g/mol. The van der Waals surface area contributed by atoms with Crippen LogP contribution in [0.15, 0.2) is 30.6 Å². The fraction of sp³-hybridized carbons (Fsp3) is 0.412. The summed E-state index contributed by atoms with van der Waals surface area (Å²) in [5.74, 6) is 0.671. The lowest BCUT2D eigenvalue weighted by molar-refractivity contribution is 0.0438. The first-order valence-electron chi connectivity index (χ1n) is 8.37. The van der Waals surface area contributed by atoms with Gasteiger partial charge in [0.05, 0.1) is 6.54 Å². The Hall–Kier alpha value is -2.90. The summed E-state index contributed by atoms with van der Waals surface area (Å²) in [5.41, 5.74) is 1.07. The average Bonchev–Trinajstić information content (AvgIpc) is 3.23. The molecule has 1 spiro atoms. The number of carbonyl (C=O) groups excluding carboxylic acids is 2. The van der Waals surface area contributed by atoms with Crippen molar-refractivity contribution in [2.75, 3.05) is 19.6 Å². The number of nitrogens with zero attached hydrogens (tertiary/aromatic N) is 3. The molecule has 3 heterocycles. The number of likely N-dealkylation sites (tertiary alicyclic amines) is 1. The van der Waals surface area contributed by atoms with Gasteiger partial charge in [-0.2, -0.15) is 5.10 Å². The molecule has 25 heavy (non-hydrogen) atoms. The highest BCUT2D eigenvalue weighted by atomic mass is 16.6. The summed E-state index contributed by atoms with van der Waals surface area (Å²) in [5, 5.41) is 9.35. The molecule has 8 heteroatoms. The zero-order chi connectivity index (χ0) is 17.3. The maximum atomic E-state index is 12.8. The number of aromatic nitrogens is 3. The molecule has 0 aliphatic carbocycles. The van der Waals surface area contributed by atoms with Crippen LogP contribution in [-0.2, 0) is 4.74 Å². The molecule has 2 fully saturated rings. The molecule has 4 rings (SSSR count). The van der Waals surface area contributed by atoms with Crippen LogP contribution in [0.3, 0.4) is 0 Å². The van der Waals surface area contributed by atoms with Crippen LogP contribution in [0.25, 0.3) is 11.4 Å². The zero-order valence-corrected chi connectivity index (χ0v) is 13.7. The largest absolute Gasteiger partial charge is 0.441 e. The summed E-state index contributed by atoms with van der Waals surface area (Å²) < 4.78 is 5.46. The third kappa shape index (κ3) is 3.07. The molecule has 1 atom stereocenters. The smallest absolute Gasteiger partial charge is 0.407 e. The Morgan fingerprint density at radius 2 is 2.04 bits per heavy atom. The molecule has 8 nitrogen and oxygen atoms in total. The monoisotopic (exact) mass is 341 g/mol. The van der Waals surface area contributed by atoms with Crippen LogP contribution in [0, 0.1) is 0 Å². The van der Waals surface area contributed by atoms with E-state index in [4.69, 9.17) is 4.74 Å². The number of amides is 2. The number of benzene rings is 1. The van der Waals surface area contributed by atoms with Crippen LogP contribution >= 0.6 is 0 Å². The summed E-state index contributed by atoms with van der Waals surface area (Å²) in [6.07, 6.45) is 3.35. The van der Waals surface area contributed by atoms with Crippen molar-refractivity contribution >= 4 is 12.0 Å². The molecule has 2 N–H and O–H groups in total. The number of aromatic amines is 1. The predicted octanol–water partition coefficient (Wildman–Crippen LogP) is 1.58. The number of rotatable bonds is 2. The first-order valence-corrected chi connectivity index (χ1v) is 8.37. The molecule has 2 saturated heterocycles. The van der Waals surface area contributed by atoms with Crippen molar-refractivity contribution < 1.29 is 14.3 Å². The second-order valence-electron chi connectivity index (χ2n) is 6.48. The Labute approximate surface area is 144 Å². The first kappa shape index (κ1) is 15.6. The molecular formula is C17H19N5O3. The van der Waals surface area contributed by atoms with E-state index in [2.05, 4.69) is 20.5 Å². The molecule has 2 aliphatic heterocycles. The number of H-pyrrole nitrogens is 1. The lowest BCUT2D eigenvalue weighted by atomic mass is 9.95. The number of nitrogens with one attached hydrogen (secondary N) is 2. The molecule has 2 aromatic rings. The first-order chi connectivity index (χ1) is 12.2. The lowest BCUT2D eigenvalue weighted by Gasteiger charge is -2.25. The van der Waals surface area contributed by atoms with E-state index >= 15 is 0 Å². The van der Waals surface area contributed by atoms with Crippen molar-refractivity contribution in [3.63, 3.8) is 0 Å². The van der Waals surface area contributed by atoms with Crippen molar-refractivity contribution in [3.05, 3.63) is 36.2 Å². The topological polar surface area (TPSA) is 100 Å². The molecule has 0 saturated carbocycles. The van der Waals surface area contributed by atoms with Crippen LogP contribution in [0.4, 0.5) is 4.79 Å². The summed E-state index contributed by atoms with van der Waals surface area (Å²) in [4.78, 5) is 30.1. The number of hydrogen-bond donors (Lipinski definition) is 2. The number of ether oxygens (including phenoxy) is 1. The van der Waals surface area contributed by atoms with Gasteiger partial charge in [0.25, 0.3) is 5.91 Å². The second-order valence-corrected chi connectivity index (χ2v) is 6.48. The Morgan fingerprint density at radius 3 is 2.72 bits per heavy atom. The predicted molar refractivity (Wildman–Crippen MR) is 88.8 cm³/mol. The van der Waals surface area contributed by atoms with Gasteiger partial charge in [-0.05, 0) is 25.0 Å². The second kappa shape index (κ2) is 6.19. The van der Waals surface area contributed by atoms with Gasteiger partial charge in [0.1, 0.15) is 11.9 Å². The van der Waals surface area contributed by atoms with E-state index in [0.29, 0.717) is 37.4 Å². The fourth-order valence-electron chi connectivity index (χ4n) is 3.45. The fourth-order valence-corrected chi connectivity index (χ4v) is 3.45. The third-order valence-corrected chi connectivity index (χ3v) is 4.87. The molecule has 2 amide bonds. The number of carbonyl (C=O) groups is 2. The quantitative estimate of drug-likeness (QED) is 0.864. The van der Waals surface area contributed by atoms with E-state index in [9.17, 15) is 9.59 Å². The Balaban J connectivity index is 1.45. The van der Waals surface area contributed by atoms with Gasteiger partial charge >= 0.3 is 6.09 Å². The maximum absolute atomic E-state index is 12.8. The van der Waals surface area contributed by atoms with Gasteiger partial charge in [0.15, 0.2) is 5.82 Å². The SMILES string of the molecule is O=C1NC[C@@]2(CCCN(C(=O)c3ccc(-c4ncn[nH]4)cc3)CC2)O1. The van der Waals surface area contributed by atoms with Gasteiger partial charge in [0.2, 0.25) is 0 Å². The maximum Gasteiger partial charge on any atom is 0.407 e. The number of alkyl carbamates (subject to hydrolysis) is 1. The van der Waals surface area contributed by atoms with Gasteiger partial charge < -0.3 is 15.0 Å². The van der Waals surface area contributed by atoms with Crippen LogP contribution in [0.5, 0.6) is 0 Å². The minimum Gasteiger partial charge on any atom is -0.441 e. The van der Waals surface area contributed by atoms with E-state index < -0.39 is 5.60 Å². The summed E-state index contributed by atoms with van der Waals surface area (Å²) in [7, 11) is 0. The van der Waals surface area contributed by atoms with Crippen molar-refractivity contribution in [2.45, 2.75) is 24.9 Å². The highest BCUT2D eigenvalue weighted by Gasteiger charge is 2.41. The van der Waals surface area contributed by atoms with Crippen molar-refractivity contribution in [2.24, 2.45) is 0 Å². The van der Waals surface area contributed by atoms with Crippen LogP contribution in [-0.4, -0.2) is 57.3 Å². The van der Waals surface area contributed by atoms with Gasteiger partial charge in [-0.3, -0.25) is 9.89 Å². The van der Waals surface area contributed by atoms with E-state index in [1.54, 1.807) is 12.1 Å². The van der Waals surface area contributed by atoms with E-state index in [1.165, 1.54) is 6.33 Å². The highest BCUT2D eigenvalue weighted by molar-refractivity contribution is 5.94. The lowest BCUT2D eigenvalue weighted by Crippen LogP contribution is -2.36. The molecular weight excluding hydrogens is 322 g/mol. The zero-order valence-electron chi connectivity index (χ0n) is 13.7. The molecule has 2 aliphatic rings. The minimum atomic E-state index is -0.456. The molecule has 0 radical (unpaired) electrons. The molecule has 0 unspecified atom stereocenters. The molecule has 1 aromatic carbocycles. The van der Waals surface area contributed by atoms with Crippen LogP contribution in [0.2, 0.25) is 0 Å². The summed E-state index contributed by atoms with van der Waals surface area (Å²) in [6, 6.07) is 7.32. The van der Waals surface area contributed by atoms with Gasteiger partial charge in [-0.15, -0.1) is 0 Å². The summed E-state index contributed by atoms with van der Waals surface area (Å²) >= 11 is 0. The van der Waals surface area contributed by atoms with Gasteiger partial charge in [-0.1, -0.05) is 12.1 Å². The van der Waals surface area contributed by atoms with E-state index in [1.807, 2.05) is 17.0 Å². The number of hydrogen-bond acceptors (Lipinski definition) is 5. The highest BCUT2D eigenvalue weighted by Crippen LogP contribution is 2.29. The normalized spacial score (nSPS) is 23.2. The van der Waals surface area contributed by atoms with Crippen molar-refractivity contribution in [1.82, 2.24) is 25.4 Å².